The molecular formula is C27H33FN3O9P. The molecule has 1 unspecified atom stereocenters. The molecule has 4 rings (SSSR count). The smallest absolute Gasteiger partial charge is 0.403 e. The highest BCUT2D eigenvalue weighted by Crippen LogP contribution is 2.50. The molecule has 1 aliphatic rings. The molecule has 0 aliphatic carbocycles. The van der Waals surface area contributed by atoms with Crippen molar-refractivity contribution < 1.29 is 37.2 Å². The Labute approximate surface area is 235 Å². The first-order valence-corrected chi connectivity index (χ1v) is 14.3. The Kier molecular flexibility index (Phi) is 9.92. The molecule has 0 spiro atoms. The van der Waals surface area contributed by atoms with E-state index in [2.05, 4.69) is 5.48 Å². The highest BCUT2D eigenvalue weighted by atomic mass is 31.2. The van der Waals surface area contributed by atoms with E-state index in [4.69, 9.17) is 23.1 Å². The SMILES string of the molecule is Cc1ccccc1COC[C@@H](C)NOP(=O)(OC[C@H]1O[C@@H](n2ccc(=O)[nH]c2=O)[C@](C)(F)[C@@H]1O)Oc1ccccc1. The van der Waals surface area contributed by atoms with Gasteiger partial charge < -0.3 is 19.1 Å². The third-order valence-corrected chi connectivity index (χ3v) is 7.66. The number of aliphatic hydroxyl groups excluding tert-OH is 1. The number of nitrogens with one attached hydrogen (secondary N) is 2. The fourth-order valence-corrected chi connectivity index (χ4v) is 5.28. The first-order valence-electron chi connectivity index (χ1n) is 12.9. The maximum absolute atomic E-state index is 15.5. The fraction of sp³-hybridized carbons (Fsp3) is 0.407. The van der Waals surface area contributed by atoms with Crippen molar-refractivity contribution in [2.24, 2.45) is 0 Å². The summed E-state index contributed by atoms with van der Waals surface area (Å²) >= 11 is 0. The molecule has 1 fully saturated rings. The van der Waals surface area contributed by atoms with Crippen molar-refractivity contribution in [1.29, 1.82) is 0 Å². The van der Waals surface area contributed by atoms with Gasteiger partial charge in [-0.25, -0.2) is 13.8 Å². The summed E-state index contributed by atoms with van der Waals surface area (Å²) in [7, 11) is -4.42. The average Bonchev–Trinajstić information content (AvgIpc) is 3.16. The number of halogens is 1. The molecule has 2 aromatic carbocycles. The predicted octanol–water partition coefficient (Wildman–Crippen LogP) is 3.16. The van der Waals surface area contributed by atoms with Gasteiger partial charge in [0.2, 0.25) is 0 Å². The standard InChI is InChI=1S/C27H33FN3O9P/c1-18-9-7-8-10-20(18)16-36-15-19(2)30-40-41(35,39-21-11-5-4-6-12-21)37-17-22-24(33)27(3,28)25(38-22)31-14-13-23(32)29-26(31)34/h4-14,19,22,24-25,30,33H,15-17H2,1-3H3,(H,29,32,34)/t19-,22-,24-,25-,27-,41?/m1/s1. The van der Waals surface area contributed by atoms with Crippen molar-refractivity contribution in [3.8, 4) is 5.75 Å². The fourth-order valence-electron chi connectivity index (χ4n) is 4.12. The molecule has 6 atom stereocenters. The monoisotopic (exact) mass is 593 g/mol. The molecule has 0 amide bonds. The van der Waals surface area contributed by atoms with Gasteiger partial charge in [-0.1, -0.05) is 42.5 Å². The van der Waals surface area contributed by atoms with E-state index in [1.54, 1.807) is 25.1 Å². The molecule has 12 nitrogen and oxygen atoms in total. The van der Waals surface area contributed by atoms with E-state index in [0.29, 0.717) is 6.61 Å². The maximum Gasteiger partial charge on any atom is 0.547 e. The number of aliphatic hydroxyl groups is 1. The maximum atomic E-state index is 15.5. The number of phosphoric acid groups is 1. The topological polar surface area (TPSA) is 150 Å². The van der Waals surface area contributed by atoms with Crippen LogP contribution in [0.1, 0.15) is 31.2 Å². The molecule has 0 saturated carbocycles. The van der Waals surface area contributed by atoms with Gasteiger partial charge >= 0.3 is 13.5 Å². The molecule has 1 saturated heterocycles. The number of para-hydroxylation sites is 1. The van der Waals surface area contributed by atoms with Crippen molar-refractivity contribution in [2.75, 3.05) is 13.2 Å². The Morgan fingerprint density at radius 3 is 2.59 bits per heavy atom. The number of phosphoric ester groups is 1. The molecule has 14 heteroatoms. The summed E-state index contributed by atoms with van der Waals surface area (Å²) < 4.78 is 57.6. The van der Waals surface area contributed by atoms with Crippen LogP contribution >= 0.6 is 7.82 Å². The summed E-state index contributed by atoms with van der Waals surface area (Å²) in [6, 6.07) is 16.5. The molecule has 3 N–H and O–H groups in total. The summed E-state index contributed by atoms with van der Waals surface area (Å²) in [4.78, 5) is 25.6. The summed E-state index contributed by atoms with van der Waals surface area (Å²) in [5, 5.41) is 10.6. The number of aryl methyl sites for hydroxylation is 1. The van der Waals surface area contributed by atoms with Gasteiger partial charge in [0.25, 0.3) is 5.56 Å². The van der Waals surface area contributed by atoms with E-state index in [1.807, 2.05) is 36.2 Å². The number of benzene rings is 2. The molecule has 222 valence electrons. The molecule has 3 aromatic rings. The highest BCUT2D eigenvalue weighted by molar-refractivity contribution is 7.48. The lowest BCUT2D eigenvalue weighted by Gasteiger charge is -2.24. The van der Waals surface area contributed by atoms with Crippen LogP contribution in [0.15, 0.2) is 76.4 Å². The zero-order valence-electron chi connectivity index (χ0n) is 22.8. The second-order valence-corrected chi connectivity index (χ2v) is 11.4. The first-order chi connectivity index (χ1) is 19.5. The Hall–Kier alpha value is -3.16. The second-order valence-electron chi connectivity index (χ2n) is 9.84. The normalized spacial score (nSPS) is 24.6. The Balaban J connectivity index is 1.40. The number of nitrogens with zero attached hydrogens (tertiary/aromatic N) is 1. The van der Waals surface area contributed by atoms with Crippen LogP contribution in [0.25, 0.3) is 0 Å². The average molecular weight is 594 g/mol. The second kappa shape index (κ2) is 13.2. The number of hydrogen-bond donors (Lipinski definition) is 3. The number of aromatic amines is 1. The van der Waals surface area contributed by atoms with Crippen LogP contribution in [0.5, 0.6) is 5.75 Å². The minimum atomic E-state index is -4.42. The van der Waals surface area contributed by atoms with Crippen LogP contribution in [-0.4, -0.2) is 51.8 Å². The van der Waals surface area contributed by atoms with Gasteiger partial charge in [0.1, 0.15) is 18.0 Å². The molecule has 0 radical (unpaired) electrons. The molecular weight excluding hydrogens is 560 g/mol. The Morgan fingerprint density at radius 1 is 1.17 bits per heavy atom. The zero-order valence-corrected chi connectivity index (χ0v) is 23.7. The zero-order chi connectivity index (χ0) is 29.6. The van der Waals surface area contributed by atoms with E-state index in [-0.39, 0.29) is 12.4 Å². The molecule has 0 bridgehead atoms. The molecule has 1 aromatic heterocycles. The summed E-state index contributed by atoms with van der Waals surface area (Å²) in [6.45, 7) is 4.69. The highest BCUT2D eigenvalue weighted by Gasteiger charge is 2.56. The third kappa shape index (κ3) is 7.77. The summed E-state index contributed by atoms with van der Waals surface area (Å²) in [6.07, 6.45) is -3.72. The van der Waals surface area contributed by atoms with E-state index < -0.39 is 55.8 Å². The van der Waals surface area contributed by atoms with E-state index in [0.717, 1.165) is 34.9 Å². The molecule has 41 heavy (non-hydrogen) atoms. The van der Waals surface area contributed by atoms with Crippen molar-refractivity contribution in [1.82, 2.24) is 15.0 Å². The number of ether oxygens (including phenoxy) is 2. The quantitative estimate of drug-likeness (QED) is 0.199. The number of alkyl halides is 1. The number of hydroxylamine groups is 1. The van der Waals surface area contributed by atoms with Gasteiger partial charge in [0, 0.05) is 12.3 Å². The van der Waals surface area contributed by atoms with Gasteiger partial charge in [-0.05, 0) is 44.0 Å². The van der Waals surface area contributed by atoms with Crippen LogP contribution in [0.2, 0.25) is 0 Å². The first kappa shape index (κ1) is 30.8. The van der Waals surface area contributed by atoms with Gasteiger partial charge in [-0.15, -0.1) is 0 Å². The Morgan fingerprint density at radius 2 is 1.88 bits per heavy atom. The minimum Gasteiger partial charge on any atom is -0.403 e. The number of hydrogen-bond acceptors (Lipinski definition) is 10. The minimum absolute atomic E-state index is 0.168. The van der Waals surface area contributed by atoms with Gasteiger partial charge in [-0.3, -0.25) is 18.9 Å². The van der Waals surface area contributed by atoms with Crippen molar-refractivity contribution in [3.05, 3.63) is 98.8 Å². The van der Waals surface area contributed by atoms with Crippen molar-refractivity contribution in [3.63, 3.8) is 0 Å². The van der Waals surface area contributed by atoms with Crippen LogP contribution in [0.4, 0.5) is 4.39 Å². The van der Waals surface area contributed by atoms with Crippen LogP contribution in [0.3, 0.4) is 0 Å². The Bertz CT molecular complexity index is 1470. The lowest BCUT2D eigenvalue weighted by atomic mass is 9.98. The van der Waals surface area contributed by atoms with Crippen LogP contribution in [-0.2, 0) is 29.8 Å². The summed E-state index contributed by atoms with van der Waals surface area (Å²) in [5.74, 6) is 0.168. The number of rotatable bonds is 13. The lowest BCUT2D eigenvalue weighted by Crippen LogP contribution is -2.43. The predicted molar refractivity (Wildman–Crippen MR) is 146 cm³/mol. The van der Waals surface area contributed by atoms with Crippen molar-refractivity contribution in [2.45, 2.75) is 57.5 Å². The molecule has 2 heterocycles. The number of aromatic nitrogens is 2. The van der Waals surface area contributed by atoms with E-state index >= 15 is 4.39 Å². The van der Waals surface area contributed by atoms with Gasteiger partial charge in [0.15, 0.2) is 11.9 Å². The van der Waals surface area contributed by atoms with Gasteiger partial charge in [-0.2, -0.15) is 10.1 Å². The molecule has 1 aliphatic heterocycles. The number of H-pyrrole nitrogens is 1. The van der Waals surface area contributed by atoms with Crippen molar-refractivity contribution >= 4 is 7.82 Å². The van der Waals surface area contributed by atoms with Crippen LogP contribution in [0, 0.1) is 6.92 Å². The van der Waals surface area contributed by atoms with Crippen LogP contribution < -0.4 is 21.3 Å². The lowest BCUT2D eigenvalue weighted by molar-refractivity contribution is -0.0625. The van der Waals surface area contributed by atoms with E-state index in [1.165, 1.54) is 12.1 Å². The third-order valence-electron chi connectivity index (χ3n) is 6.43. The van der Waals surface area contributed by atoms with E-state index in [9.17, 15) is 19.3 Å². The van der Waals surface area contributed by atoms with Gasteiger partial charge in [0.05, 0.1) is 25.9 Å². The summed E-state index contributed by atoms with van der Waals surface area (Å²) in [5.41, 5.74) is 0.643. The largest absolute Gasteiger partial charge is 0.547 e.